The summed E-state index contributed by atoms with van der Waals surface area (Å²) in [5.41, 5.74) is 1.48. The lowest BCUT2D eigenvalue weighted by molar-refractivity contribution is -0.115. The predicted molar refractivity (Wildman–Crippen MR) is 102 cm³/mol. The maximum atomic E-state index is 11.9. The lowest BCUT2D eigenvalue weighted by Gasteiger charge is -2.12. The maximum absolute atomic E-state index is 11.9. The van der Waals surface area contributed by atoms with E-state index in [1.54, 1.807) is 0 Å². The Bertz CT molecular complexity index is 1180. The second kappa shape index (κ2) is 4.76. The molecular formula is C20H12N2OS. The minimum Gasteiger partial charge on any atom is -0.328 e. The zero-order chi connectivity index (χ0) is 16.3. The van der Waals surface area contributed by atoms with Crippen LogP contribution < -0.4 is 10.6 Å². The average Bonchev–Trinajstić information content (AvgIpc) is 2.91. The lowest BCUT2D eigenvalue weighted by Crippen LogP contribution is -2.21. The van der Waals surface area contributed by atoms with Gasteiger partial charge in [0.1, 0.15) is 5.70 Å². The third kappa shape index (κ3) is 1.83. The smallest absolute Gasteiger partial charge is 0.273 e. The number of nitrogens with one attached hydrogen (secondary N) is 2. The highest BCUT2D eigenvalue weighted by Crippen LogP contribution is 2.36. The average molecular weight is 328 g/mol. The molecule has 1 aliphatic rings. The van der Waals surface area contributed by atoms with Crippen molar-refractivity contribution < 1.29 is 4.79 Å². The summed E-state index contributed by atoms with van der Waals surface area (Å²) in [5.74, 6) is -0.189. The minimum atomic E-state index is -0.189. The van der Waals surface area contributed by atoms with E-state index in [0.29, 0.717) is 10.8 Å². The number of rotatable bonds is 1. The zero-order valence-electron chi connectivity index (χ0n) is 12.6. The van der Waals surface area contributed by atoms with E-state index in [4.69, 9.17) is 12.2 Å². The van der Waals surface area contributed by atoms with Gasteiger partial charge >= 0.3 is 0 Å². The quantitative estimate of drug-likeness (QED) is 0.316. The summed E-state index contributed by atoms with van der Waals surface area (Å²) in [5, 5.41) is 13.2. The molecule has 1 saturated heterocycles. The largest absolute Gasteiger partial charge is 0.328 e. The Kier molecular flexibility index (Phi) is 2.67. The van der Waals surface area contributed by atoms with E-state index in [1.807, 2.05) is 12.1 Å². The Morgan fingerprint density at radius 2 is 1.46 bits per heavy atom. The molecule has 1 aliphatic heterocycles. The van der Waals surface area contributed by atoms with Crippen LogP contribution in [0, 0.1) is 0 Å². The van der Waals surface area contributed by atoms with Gasteiger partial charge in [-0.2, -0.15) is 0 Å². The number of carbonyl (C=O) groups is 1. The standard InChI is InChI=1S/C20H12N2OS/c23-19-16(21-20(24)22-19)10-14-7-6-13-5-4-11-2-1-3-12-8-9-15(14)18(13)17(11)12/h1-10H,(H2,21,22,23,24)/b16-10-. The molecule has 0 atom stereocenters. The van der Waals surface area contributed by atoms with E-state index < -0.39 is 0 Å². The molecule has 0 saturated carbocycles. The fourth-order valence-electron chi connectivity index (χ4n) is 3.52. The van der Waals surface area contributed by atoms with Crippen molar-refractivity contribution in [2.75, 3.05) is 0 Å². The van der Waals surface area contributed by atoms with Crippen LogP contribution in [0.5, 0.6) is 0 Å². The summed E-state index contributed by atoms with van der Waals surface area (Å²) < 4.78 is 0. The first-order valence-electron chi connectivity index (χ1n) is 7.71. The van der Waals surface area contributed by atoms with Gasteiger partial charge in [-0.3, -0.25) is 10.1 Å². The van der Waals surface area contributed by atoms with Gasteiger partial charge in [-0.05, 0) is 56.2 Å². The normalized spacial score (nSPS) is 16.4. The molecule has 1 heterocycles. The van der Waals surface area contributed by atoms with Gasteiger partial charge in [-0.25, -0.2) is 0 Å². The van der Waals surface area contributed by atoms with Gasteiger partial charge in [-0.15, -0.1) is 0 Å². The second-order valence-corrected chi connectivity index (χ2v) is 6.39. The van der Waals surface area contributed by atoms with Crippen molar-refractivity contribution in [3.8, 4) is 0 Å². The predicted octanol–water partition coefficient (Wildman–Crippen LogP) is 3.93. The summed E-state index contributed by atoms with van der Waals surface area (Å²) >= 11 is 5.00. The maximum Gasteiger partial charge on any atom is 0.273 e. The molecule has 4 heteroatoms. The van der Waals surface area contributed by atoms with Crippen LogP contribution in [-0.2, 0) is 4.79 Å². The highest BCUT2D eigenvalue weighted by atomic mass is 32.1. The Hall–Kier alpha value is -2.98. The monoisotopic (exact) mass is 328 g/mol. The highest BCUT2D eigenvalue weighted by molar-refractivity contribution is 7.80. The minimum absolute atomic E-state index is 0.189. The number of hydrogen-bond donors (Lipinski definition) is 2. The summed E-state index contributed by atoms with van der Waals surface area (Å²) in [4.78, 5) is 11.9. The Balaban J connectivity index is 1.86. The number of amides is 1. The summed E-state index contributed by atoms with van der Waals surface area (Å²) in [6, 6.07) is 19.1. The van der Waals surface area contributed by atoms with E-state index in [-0.39, 0.29) is 5.91 Å². The topological polar surface area (TPSA) is 41.1 Å². The Morgan fingerprint density at radius 1 is 0.792 bits per heavy atom. The van der Waals surface area contributed by atoms with E-state index in [1.165, 1.54) is 26.9 Å². The van der Waals surface area contributed by atoms with Crippen molar-refractivity contribution in [2.45, 2.75) is 0 Å². The van der Waals surface area contributed by atoms with Crippen LogP contribution >= 0.6 is 12.2 Å². The Labute approximate surface area is 143 Å². The van der Waals surface area contributed by atoms with Crippen molar-refractivity contribution in [3.63, 3.8) is 0 Å². The number of benzene rings is 4. The molecule has 5 rings (SSSR count). The molecule has 3 nitrogen and oxygen atoms in total. The summed E-state index contributed by atoms with van der Waals surface area (Å²) in [6.07, 6.45) is 1.86. The van der Waals surface area contributed by atoms with Crippen LogP contribution in [0.3, 0.4) is 0 Å². The first kappa shape index (κ1) is 13.5. The number of thiocarbonyl (C=S) groups is 1. The molecule has 4 aromatic rings. The SMILES string of the molecule is O=C1NC(=S)N/C1=C\c1ccc2ccc3cccc4ccc1c2c34. The van der Waals surface area contributed by atoms with Crippen LogP contribution in [0.1, 0.15) is 5.56 Å². The molecule has 0 aliphatic carbocycles. The van der Waals surface area contributed by atoms with Crippen LogP contribution in [0.4, 0.5) is 0 Å². The number of hydrogen-bond acceptors (Lipinski definition) is 2. The molecule has 0 aromatic heterocycles. The van der Waals surface area contributed by atoms with Gasteiger partial charge in [0, 0.05) is 0 Å². The van der Waals surface area contributed by atoms with Gasteiger partial charge in [0.25, 0.3) is 5.91 Å². The van der Waals surface area contributed by atoms with Crippen molar-refractivity contribution >= 4 is 61.6 Å². The fourth-order valence-corrected chi connectivity index (χ4v) is 3.72. The molecule has 1 fully saturated rings. The molecule has 24 heavy (non-hydrogen) atoms. The van der Waals surface area contributed by atoms with Crippen LogP contribution in [0.2, 0.25) is 0 Å². The van der Waals surface area contributed by atoms with Crippen LogP contribution in [-0.4, -0.2) is 11.0 Å². The van der Waals surface area contributed by atoms with E-state index in [9.17, 15) is 4.79 Å². The Morgan fingerprint density at radius 3 is 2.17 bits per heavy atom. The van der Waals surface area contributed by atoms with Gasteiger partial charge in [-0.1, -0.05) is 54.6 Å². The van der Waals surface area contributed by atoms with Gasteiger partial charge < -0.3 is 5.32 Å². The zero-order valence-corrected chi connectivity index (χ0v) is 13.4. The van der Waals surface area contributed by atoms with Gasteiger partial charge in [0.15, 0.2) is 5.11 Å². The summed E-state index contributed by atoms with van der Waals surface area (Å²) in [6.45, 7) is 0. The molecule has 4 aromatic carbocycles. The third-order valence-electron chi connectivity index (χ3n) is 4.58. The highest BCUT2D eigenvalue weighted by Gasteiger charge is 2.20. The third-order valence-corrected chi connectivity index (χ3v) is 4.79. The van der Waals surface area contributed by atoms with Crippen molar-refractivity contribution in [1.82, 2.24) is 10.6 Å². The molecule has 0 unspecified atom stereocenters. The molecule has 2 N–H and O–H groups in total. The molecule has 0 radical (unpaired) electrons. The van der Waals surface area contributed by atoms with Crippen LogP contribution in [0.25, 0.3) is 38.4 Å². The number of carbonyl (C=O) groups excluding carboxylic acids is 1. The molecular weight excluding hydrogens is 316 g/mol. The summed E-state index contributed by atoms with van der Waals surface area (Å²) in [7, 11) is 0. The van der Waals surface area contributed by atoms with E-state index in [0.717, 1.165) is 10.9 Å². The van der Waals surface area contributed by atoms with Crippen LogP contribution in [0.15, 0.2) is 60.3 Å². The van der Waals surface area contributed by atoms with Crippen molar-refractivity contribution in [1.29, 1.82) is 0 Å². The first-order chi connectivity index (χ1) is 11.7. The van der Waals surface area contributed by atoms with E-state index in [2.05, 4.69) is 59.2 Å². The fraction of sp³-hybridized carbons (Fsp3) is 0. The first-order valence-corrected chi connectivity index (χ1v) is 8.12. The van der Waals surface area contributed by atoms with Crippen molar-refractivity contribution in [3.05, 3.63) is 65.9 Å². The van der Waals surface area contributed by atoms with Gasteiger partial charge in [0.2, 0.25) is 0 Å². The van der Waals surface area contributed by atoms with Crippen molar-refractivity contribution in [2.24, 2.45) is 0 Å². The molecule has 1 amide bonds. The second-order valence-electron chi connectivity index (χ2n) is 5.98. The molecule has 0 bridgehead atoms. The molecule has 114 valence electrons. The lowest BCUT2D eigenvalue weighted by atomic mass is 9.92. The molecule has 0 spiro atoms. The van der Waals surface area contributed by atoms with E-state index >= 15 is 0 Å². The van der Waals surface area contributed by atoms with Gasteiger partial charge in [0.05, 0.1) is 0 Å².